The van der Waals surface area contributed by atoms with Crippen molar-refractivity contribution in [1.29, 1.82) is 0 Å². The second-order valence-electron chi connectivity index (χ2n) is 4.24. The second kappa shape index (κ2) is 4.10. The van der Waals surface area contributed by atoms with Crippen LogP contribution in [0.4, 0.5) is 0 Å². The van der Waals surface area contributed by atoms with Crippen molar-refractivity contribution in [2.75, 3.05) is 0 Å². The highest BCUT2D eigenvalue weighted by Gasteiger charge is 2.23. The van der Waals surface area contributed by atoms with Crippen LogP contribution in [0.2, 0.25) is 0 Å². The summed E-state index contributed by atoms with van der Waals surface area (Å²) in [7, 11) is 0. The van der Waals surface area contributed by atoms with Crippen molar-refractivity contribution in [2.45, 2.75) is 52.1 Å². The number of hydrogen-bond donors (Lipinski definition) is 1. The Morgan fingerprint density at radius 2 is 1.91 bits per heavy atom. The van der Waals surface area contributed by atoms with E-state index in [1.165, 1.54) is 25.7 Å². The molecule has 1 fully saturated rings. The Kier molecular flexibility index (Phi) is 3.38. The van der Waals surface area contributed by atoms with E-state index in [2.05, 4.69) is 13.8 Å². The lowest BCUT2D eigenvalue weighted by Gasteiger charge is -2.28. The second-order valence-corrected chi connectivity index (χ2v) is 4.24. The van der Waals surface area contributed by atoms with E-state index in [0.29, 0.717) is 5.92 Å². The van der Waals surface area contributed by atoms with E-state index in [0.717, 1.165) is 12.3 Å². The van der Waals surface area contributed by atoms with E-state index in [1.54, 1.807) is 0 Å². The minimum Gasteiger partial charge on any atom is -0.393 e. The minimum atomic E-state index is 0.00569. The highest BCUT2D eigenvalue weighted by atomic mass is 16.3. The van der Waals surface area contributed by atoms with Crippen LogP contribution in [0.25, 0.3) is 0 Å². The van der Waals surface area contributed by atoms with Crippen molar-refractivity contribution in [3.63, 3.8) is 0 Å². The van der Waals surface area contributed by atoms with E-state index in [9.17, 15) is 5.11 Å². The number of aliphatic hydroxyl groups excluding tert-OH is 1. The van der Waals surface area contributed by atoms with E-state index in [-0.39, 0.29) is 6.10 Å². The highest BCUT2D eigenvalue weighted by Crippen LogP contribution is 2.29. The molecule has 1 saturated carbocycles. The molecule has 0 saturated heterocycles. The van der Waals surface area contributed by atoms with Gasteiger partial charge in [0, 0.05) is 0 Å². The topological polar surface area (TPSA) is 20.2 Å². The molecule has 0 spiro atoms. The van der Waals surface area contributed by atoms with Crippen LogP contribution >= 0.6 is 0 Å². The molecule has 1 aliphatic rings. The molecule has 0 aromatic rings. The van der Waals surface area contributed by atoms with E-state index < -0.39 is 0 Å². The van der Waals surface area contributed by atoms with Crippen molar-refractivity contribution in [3.8, 4) is 0 Å². The molecule has 0 aromatic heterocycles. The Bertz CT molecular complexity index is 109. The molecule has 0 aromatic carbocycles. The molecule has 1 rings (SSSR count). The molecule has 0 radical (unpaired) electrons. The quantitative estimate of drug-likeness (QED) is 0.651. The monoisotopic (exact) mass is 156 g/mol. The lowest BCUT2D eigenvalue weighted by molar-refractivity contribution is 0.0587. The van der Waals surface area contributed by atoms with Crippen molar-refractivity contribution in [3.05, 3.63) is 0 Å². The van der Waals surface area contributed by atoms with Crippen molar-refractivity contribution in [1.82, 2.24) is 0 Å². The Morgan fingerprint density at radius 3 is 2.45 bits per heavy atom. The fraction of sp³-hybridized carbons (Fsp3) is 1.00. The Hall–Kier alpha value is -0.0400. The van der Waals surface area contributed by atoms with Gasteiger partial charge < -0.3 is 5.11 Å². The zero-order valence-corrected chi connectivity index (χ0v) is 7.71. The predicted octanol–water partition coefficient (Wildman–Crippen LogP) is 2.58. The molecule has 0 unspecified atom stereocenters. The van der Waals surface area contributed by atoms with E-state index in [4.69, 9.17) is 0 Å². The first-order valence-electron chi connectivity index (χ1n) is 4.88. The highest BCUT2D eigenvalue weighted by molar-refractivity contribution is 4.74. The van der Waals surface area contributed by atoms with Crippen molar-refractivity contribution < 1.29 is 5.11 Å². The van der Waals surface area contributed by atoms with Gasteiger partial charge in [-0.25, -0.2) is 0 Å². The molecule has 1 aliphatic carbocycles. The smallest absolute Gasteiger partial charge is 0.0568 e. The third-order valence-electron chi connectivity index (χ3n) is 2.64. The van der Waals surface area contributed by atoms with Gasteiger partial charge in [-0.1, -0.05) is 26.7 Å². The van der Waals surface area contributed by atoms with Crippen LogP contribution < -0.4 is 0 Å². The summed E-state index contributed by atoms with van der Waals surface area (Å²) in [6.07, 6.45) is 6.06. The molecule has 1 heteroatoms. The zero-order valence-electron chi connectivity index (χ0n) is 7.71. The summed E-state index contributed by atoms with van der Waals surface area (Å²) < 4.78 is 0. The number of rotatable bonds is 2. The van der Waals surface area contributed by atoms with Gasteiger partial charge >= 0.3 is 0 Å². The molecule has 0 amide bonds. The lowest BCUT2D eigenvalue weighted by Crippen LogP contribution is -2.25. The van der Waals surface area contributed by atoms with Gasteiger partial charge in [0.2, 0.25) is 0 Å². The first-order chi connectivity index (χ1) is 5.20. The first kappa shape index (κ1) is 9.05. The van der Waals surface area contributed by atoms with E-state index in [1.807, 2.05) is 0 Å². The first-order valence-corrected chi connectivity index (χ1v) is 4.88. The van der Waals surface area contributed by atoms with Gasteiger partial charge in [-0.3, -0.25) is 0 Å². The van der Waals surface area contributed by atoms with Gasteiger partial charge in [0.25, 0.3) is 0 Å². The number of aliphatic hydroxyl groups is 1. The van der Waals surface area contributed by atoms with Gasteiger partial charge in [-0.2, -0.15) is 0 Å². The van der Waals surface area contributed by atoms with Crippen LogP contribution in [-0.4, -0.2) is 11.2 Å². The van der Waals surface area contributed by atoms with E-state index >= 15 is 0 Å². The van der Waals surface area contributed by atoms with Crippen LogP contribution in [0.1, 0.15) is 46.0 Å². The molecule has 0 aliphatic heterocycles. The zero-order chi connectivity index (χ0) is 8.27. The molecule has 1 N–H and O–H groups in total. The third-order valence-corrected chi connectivity index (χ3v) is 2.64. The maximum atomic E-state index is 9.62. The summed E-state index contributed by atoms with van der Waals surface area (Å²) in [6, 6.07) is 0. The SMILES string of the molecule is CC(C)C[C@H]1CCCC[C@H]1O. The Labute approximate surface area is 69.8 Å². The van der Waals surface area contributed by atoms with Gasteiger partial charge in [-0.05, 0) is 31.1 Å². The van der Waals surface area contributed by atoms with Gasteiger partial charge in [0.15, 0.2) is 0 Å². The number of hydrogen-bond acceptors (Lipinski definition) is 1. The molecule has 11 heavy (non-hydrogen) atoms. The van der Waals surface area contributed by atoms with Crippen LogP contribution in [-0.2, 0) is 0 Å². The van der Waals surface area contributed by atoms with Gasteiger partial charge in [0.1, 0.15) is 0 Å². The van der Waals surface area contributed by atoms with Crippen LogP contribution in [0.15, 0.2) is 0 Å². The molecule has 2 atom stereocenters. The molecular weight excluding hydrogens is 136 g/mol. The summed E-state index contributed by atoms with van der Waals surface area (Å²) in [5.74, 6) is 1.34. The summed E-state index contributed by atoms with van der Waals surface area (Å²) in [5, 5.41) is 9.62. The fourth-order valence-electron chi connectivity index (χ4n) is 2.07. The third kappa shape index (κ3) is 2.82. The van der Waals surface area contributed by atoms with Crippen LogP contribution in [0.5, 0.6) is 0 Å². The van der Waals surface area contributed by atoms with Crippen molar-refractivity contribution >= 4 is 0 Å². The predicted molar refractivity (Wildman–Crippen MR) is 47.4 cm³/mol. The van der Waals surface area contributed by atoms with Crippen LogP contribution in [0, 0.1) is 11.8 Å². The molecular formula is C10H20O. The maximum Gasteiger partial charge on any atom is 0.0568 e. The molecule has 0 heterocycles. The average molecular weight is 156 g/mol. The van der Waals surface area contributed by atoms with Crippen molar-refractivity contribution in [2.24, 2.45) is 11.8 Å². The van der Waals surface area contributed by atoms with Gasteiger partial charge in [0.05, 0.1) is 6.10 Å². The average Bonchev–Trinajstić information content (AvgIpc) is 1.93. The molecule has 0 bridgehead atoms. The van der Waals surface area contributed by atoms with Gasteiger partial charge in [-0.15, -0.1) is 0 Å². The minimum absolute atomic E-state index is 0.00569. The molecule has 1 nitrogen and oxygen atoms in total. The summed E-state index contributed by atoms with van der Waals surface area (Å²) in [6.45, 7) is 4.47. The standard InChI is InChI=1S/C10H20O/c1-8(2)7-9-5-3-4-6-10(9)11/h8-11H,3-7H2,1-2H3/t9-,10-/m1/s1. The Balaban J connectivity index is 2.29. The summed E-state index contributed by atoms with van der Waals surface area (Å²) in [4.78, 5) is 0. The van der Waals surface area contributed by atoms with Crippen LogP contribution in [0.3, 0.4) is 0 Å². The fourth-order valence-corrected chi connectivity index (χ4v) is 2.07. The normalized spacial score (nSPS) is 32.7. The lowest BCUT2D eigenvalue weighted by atomic mass is 9.81. The summed E-state index contributed by atoms with van der Waals surface area (Å²) in [5.41, 5.74) is 0. The maximum absolute atomic E-state index is 9.62. The molecule has 66 valence electrons. The Morgan fingerprint density at radius 1 is 1.27 bits per heavy atom. The largest absolute Gasteiger partial charge is 0.393 e. The summed E-state index contributed by atoms with van der Waals surface area (Å²) >= 11 is 0.